The summed E-state index contributed by atoms with van der Waals surface area (Å²) in [5.74, 6) is 0.667. The second-order valence-electron chi connectivity index (χ2n) is 3.17. The van der Waals surface area contributed by atoms with E-state index in [4.69, 9.17) is 0 Å². The first-order valence-electron chi connectivity index (χ1n) is 3.78. The number of rotatable bonds is 0. The van der Waals surface area contributed by atoms with Crippen LogP contribution < -0.4 is 5.56 Å². The van der Waals surface area contributed by atoms with Gasteiger partial charge in [0.25, 0.3) is 0 Å². The zero-order chi connectivity index (χ0) is 7.42. The lowest BCUT2D eigenvalue weighted by Gasteiger charge is -1.95. The molecule has 2 nitrogen and oxygen atoms in total. The van der Waals surface area contributed by atoms with E-state index in [1.165, 1.54) is 16.7 Å². The van der Waals surface area contributed by atoms with E-state index in [0.717, 1.165) is 6.42 Å². The molecule has 0 aromatic carbocycles. The minimum Gasteiger partial charge on any atom is -0.328 e. The standard InChI is InChI=1S/C9H7NO/c11-9-3-6-1-5-2-7(5)8(6)4-10-9/h2-5H,1H2,(H,10,11)/t5-/m0/s1. The third kappa shape index (κ3) is 0.589. The van der Waals surface area contributed by atoms with Crippen LogP contribution in [-0.4, -0.2) is 4.98 Å². The third-order valence-corrected chi connectivity index (χ3v) is 2.43. The predicted octanol–water partition coefficient (Wildman–Crippen LogP) is 0.944. The van der Waals surface area contributed by atoms with Crippen LogP contribution in [0.3, 0.4) is 0 Å². The molecule has 2 heteroatoms. The molecule has 1 aromatic heterocycles. The van der Waals surface area contributed by atoms with Gasteiger partial charge in [-0.25, -0.2) is 0 Å². The summed E-state index contributed by atoms with van der Waals surface area (Å²) in [6, 6.07) is 1.71. The normalized spacial score (nSPS) is 24.0. The third-order valence-electron chi connectivity index (χ3n) is 2.43. The van der Waals surface area contributed by atoms with Crippen molar-refractivity contribution in [2.24, 2.45) is 5.92 Å². The molecule has 54 valence electrons. The number of nitrogens with one attached hydrogen (secondary N) is 1. The van der Waals surface area contributed by atoms with Gasteiger partial charge in [-0.15, -0.1) is 0 Å². The second kappa shape index (κ2) is 1.47. The zero-order valence-electron chi connectivity index (χ0n) is 5.92. The summed E-state index contributed by atoms with van der Waals surface area (Å²) in [6.45, 7) is 0. The van der Waals surface area contributed by atoms with Gasteiger partial charge in [0, 0.05) is 18.2 Å². The smallest absolute Gasteiger partial charge is 0.248 e. The number of fused-ring (bicyclic) bond motifs is 3. The van der Waals surface area contributed by atoms with Gasteiger partial charge in [-0.1, -0.05) is 6.08 Å². The van der Waals surface area contributed by atoms with E-state index in [1.807, 2.05) is 6.20 Å². The van der Waals surface area contributed by atoms with Crippen molar-refractivity contribution in [2.75, 3.05) is 0 Å². The Morgan fingerprint density at radius 2 is 2.45 bits per heavy atom. The molecule has 0 unspecified atom stereocenters. The SMILES string of the molecule is O=c1cc2c(c[nH]1)C1=C[C@@H]1C2. The van der Waals surface area contributed by atoms with Crippen molar-refractivity contribution in [3.63, 3.8) is 0 Å². The van der Waals surface area contributed by atoms with Crippen LogP contribution in [-0.2, 0) is 6.42 Å². The minimum absolute atomic E-state index is 0.0191. The number of pyridine rings is 1. The number of aromatic amines is 1. The molecule has 2 aliphatic carbocycles. The first-order chi connectivity index (χ1) is 5.34. The Bertz CT molecular complexity index is 414. The van der Waals surface area contributed by atoms with Gasteiger partial charge in [0.1, 0.15) is 0 Å². The Morgan fingerprint density at radius 1 is 1.55 bits per heavy atom. The highest BCUT2D eigenvalue weighted by Gasteiger charge is 2.34. The fourth-order valence-electron chi connectivity index (χ4n) is 1.82. The summed E-state index contributed by atoms with van der Waals surface area (Å²) in [4.78, 5) is 13.6. The Kier molecular flexibility index (Phi) is 0.716. The lowest BCUT2D eigenvalue weighted by atomic mass is 10.1. The quantitative estimate of drug-likeness (QED) is 0.579. The number of hydrogen-bond acceptors (Lipinski definition) is 1. The zero-order valence-corrected chi connectivity index (χ0v) is 5.92. The van der Waals surface area contributed by atoms with Gasteiger partial charge in [-0.3, -0.25) is 4.79 Å². The van der Waals surface area contributed by atoms with Crippen LogP contribution in [0.15, 0.2) is 23.1 Å². The van der Waals surface area contributed by atoms with Gasteiger partial charge in [0.2, 0.25) is 5.56 Å². The molecule has 3 rings (SSSR count). The lowest BCUT2D eigenvalue weighted by Crippen LogP contribution is -2.04. The van der Waals surface area contributed by atoms with Crippen LogP contribution >= 0.6 is 0 Å². The lowest BCUT2D eigenvalue weighted by molar-refractivity contribution is 0.947. The molecule has 0 radical (unpaired) electrons. The van der Waals surface area contributed by atoms with E-state index >= 15 is 0 Å². The van der Waals surface area contributed by atoms with E-state index in [1.54, 1.807) is 6.07 Å². The maximum Gasteiger partial charge on any atom is 0.248 e. The Labute approximate surface area is 63.6 Å². The molecule has 0 amide bonds. The molecule has 0 fully saturated rings. The summed E-state index contributed by atoms with van der Waals surface area (Å²) < 4.78 is 0. The predicted molar refractivity (Wildman–Crippen MR) is 42.2 cm³/mol. The van der Waals surface area contributed by atoms with Crippen molar-refractivity contribution in [3.8, 4) is 0 Å². The molecule has 0 saturated carbocycles. The summed E-state index contributed by atoms with van der Waals surface area (Å²) >= 11 is 0. The van der Waals surface area contributed by atoms with Crippen LogP contribution in [0.25, 0.3) is 5.57 Å². The van der Waals surface area contributed by atoms with Gasteiger partial charge in [-0.05, 0) is 23.1 Å². The molecule has 1 atom stereocenters. The summed E-state index contributed by atoms with van der Waals surface area (Å²) in [5, 5.41) is 0. The average molecular weight is 145 g/mol. The summed E-state index contributed by atoms with van der Waals surface area (Å²) in [5.41, 5.74) is 3.92. The topological polar surface area (TPSA) is 32.9 Å². The number of H-pyrrole nitrogens is 1. The van der Waals surface area contributed by atoms with Crippen LogP contribution in [0, 0.1) is 5.92 Å². The van der Waals surface area contributed by atoms with Crippen LogP contribution in [0.1, 0.15) is 11.1 Å². The van der Waals surface area contributed by atoms with Crippen LogP contribution in [0.2, 0.25) is 0 Å². The molecule has 0 spiro atoms. The first-order valence-corrected chi connectivity index (χ1v) is 3.78. The molecular formula is C9H7NO. The Hall–Kier alpha value is -1.31. The fourth-order valence-corrected chi connectivity index (χ4v) is 1.82. The van der Waals surface area contributed by atoms with Crippen LogP contribution in [0.4, 0.5) is 0 Å². The molecule has 1 aromatic rings. The van der Waals surface area contributed by atoms with E-state index < -0.39 is 0 Å². The highest BCUT2D eigenvalue weighted by molar-refractivity contribution is 5.85. The number of hydrogen-bond donors (Lipinski definition) is 1. The van der Waals surface area contributed by atoms with Crippen molar-refractivity contribution in [2.45, 2.75) is 6.42 Å². The summed E-state index contributed by atoms with van der Waals surface area (Å²) in [7, 11) is 0. The highest BCUT2D eigenvalue weighted by atomic mass is 16.1. The number of allylic oxidation sites excluding steroid dienone is 2. The Balaban J connectivity index is 2.33. The van der Waals surface area contributed by atoms with Crippen molar-refractivity contribution in [3.05, 3.63) is 39.8 Å². The maximum atomic E-state index is 10.9. The highest BCUT2D eigenvalue weighted by Crippen LogP contribution is 2.47. The molecule has 0 saturated heterocycles. The molecule has 2 aliphatic rings. The van der Waals surface area contributed by atoms with E-state index in [2.05, 4.69) is 11.1 Å². The van der Waals surface area contributed by atoms with E-state index in [9.17, 15) is 4.79 Å². The molecule has 0 aliphatic heterocycles. The van der Waals surface area contributed by atoms with Crippen molar-refractivity contribution < 1.29 is 0 Å². The molecule has 1 heterocycles. The van der Waals surface area contributed by atoms with Crippen molar-refractivity contribution in [1.29, 1.82) is 0 Å². The monoisotopic (exact) mass is 145 g/mol. The largest absolute Gasteiger partial charge is 0.328 e. The van der Waals surface area contributed by atoms with E-state index in [0.29, 0.717) is 5.92 Å². The molecule has 11 heavy (non-hydrogen) atoms. The first kappa shape index (κ1) is 5.35. The Morgan fingerprint density at radius 3 is 3.36 bits per heavy atom. The maximum absolute atomic E-state index is 10.9. The van der Waals surface area contributed by atoms with Gasteiger partial charge in [0.15, 0.2) is 0 Å². The van der Waals surface area contributed by atoms with Gasteiger partial charge >= 0.3 is 0 Å². The second-order valence-corrected chi connectivity index (χ2v) is 3.17. The summed E-state index contributed by atoms with van der Waals surface area (Å²) in [6.07, 6.45) is 5.13. The van der Waals surface area contributed by atoms with Gasteiger partial charge in [-0.2, -0.15) is 0 Å². The fraction of sp³-hybridized carbons (Fsp3) is 0.222. The van der Waals surface area contributed by atoms with Crippen LogP contribution in [0.5, 0.6) is 0 Å². The number of aromatic nitrogens is 1. The molecule has 0 bridgehead atoms. The van der Waals surface area contributed by atoms with E-state index in [-0.39, 0.29) is 5.56 Å². The van der Waals surface area contributed by atoms with Crippen molar-refractivity contribution in [1.82, 2.24) is 4.98 Å². The minimum atomic E-state index is 0.0191. The molecular weight excluding hydrogens is 138 g/mol. The van der Waals surface area contributed by atoms with Gasteiger partial charge < -0.3 is 4.98 Å². The van der Waals surface area contributed by atoms with Gasteiger partial charge in [0.05, 0.1) is 0 Å². The average Bonchev–Trinajstić information content (AvgIpc) is 2.63. The van der Waals surface area contributed by atoms with Crippen molar-refractivity contribution >= 4 is 5.57 Å². The molecule has 1 N–H and O–H groups in total.